The van der Waals surface area contributed by atoms with Gasteiger partial charge in [0, 0.05) is 13.1 Å². The van der Waals surface area contributed by atoms with E-state index >= 15 is 0 Å². The number of likely N-dealkylation sites (tertiary alicyclic amines) is 1. The van der Waals surface area contributed by atoms with Crippen LogP contribution >= 0.6 is 0 Å². The van der Waals surface area contributed by atoms with Gasteiger partial charge >= 0.3 is 0 Å². The molecule has 0 aromatic rings. The fourth-order valence-electron chi connectivity index (χ4n) is 1.85. The van der Waals surface area contributed by atoms with Crippen molar-refractivity contribution in [3.05, 3.63) is 0 Å². The smallest absolute Gasteiger partial charge is 0.224 e. The first-order valence-corrected chi connectivity index (χ1v) is 6.17. The molecule has 17 heavy (non-hydrogen) atoms. The summed E-state index contributed by atoms with van der Waals surface area (Å²) in [5.74, 6) is 0.841. The van der Waals surface area contributed by atoms with Crippen LogP contribution in [0.5, 0.6) is 0 Å². The van der Waals surface area contributed by atoms with Crippen LogP contribution in [-0.4, -0.2) is 36.4 Å². The standard InChI is InChI=1S/C12H24N4O/c1-9-5-4-6-16(7-9)11(14)15-8-12(2,3)10(13)17/h9H,4-8H2,1-3H3,(H2,13,17)(H2,14,15). The number of primary amides is 1. The van der Waals surface area contributed by atoms with Gasteiger partial charge in [0.1, 0.15) is 0 Å². The first kappa shape index (κ1) is 13.8. The number of nitrogens with two attached hydrogens (primary N) is 2. The van der Waals surface area contributed by atoms with Gasteiger partial charge in [-0.1, -0.05) is 6.92 Å². The largest absolute Gasteiger partial charge is 0.370 e. The van der Waals surface area contributed by atoms with Crippen LogP contribution in [0.25, 0.3) is 0 Å². The molecule has 1 fully saturated rings. The van der Waals surface area contributed by atoms with E-state index < -0.39 is 5.41 Å². The van der Waals surface area contributed by atoms with Crippen LogP contribution in [0, 0.1) is 11.3 Å². The van der Waals surface area contributed by atoms with Crippen molar-refractivity contribution in [1.82, 2.24) is 4.90 Å². The Balaban J connectivity index is 2.57. The van der Waals surface area contributed by atoms with E-state index in [1.54, 1.807) is 13.8 Å². The highest BCUT2D eigenvalue weighted by Crippen LogP contribution is 2.17. The lowest BCUT2D eigenvalue weighted by Crippen LogP contribution is -2.44. The molecular formula is C12H24N4O. The Kier molecular flexibility index (Phi) is 4.37. The van der Waals surface area contributed by atoms with Crippen molar-refractivity contribution in [2.24, 2.45) is 27.8 Å². The number of piperidine rings is 1. The fourth-order valence-corrected chi connectivity index (χ4v) is 1.85. The lowest BCUT2D eigenvalue weighted by Gasteiger charge is -2.32. The molecular weight excluding hydrogens is 216 g/mol. The Hall–Kier alpha value is -1.26. The number of carbonyl (C=O) groups is 1. The Bertz CT molecular complexity index is 312. The number of carbonyl (C=O) groups excluding carboxylic acids is 1. The first-order valence-electron chi connectivity index (χ1n) is 6.17. The molecule has 0 saturated carbocycles. The summed E-state index contributed by atoms with van der Waals surface area (Å²) in [4.78, 5) is 17.5. The molecule has 1 atom stereocenters. The minimum Gasteiger partial charge on any atom is -0.370 e. The van der Waals surface area contributed by atoms with Crippen LogP contribution in [0.4, 0.5) is 0 Å². The third-order valence-electron chi connectivity index (χ3n) is 3.28. The van der Waals surface area contributed by atoms with Gasteiger partial charge in [-0.05, 0) is 32.6 Å². The second-order valence-corrected chi connectivity index (χ2v) is 5.62. The van der Waals surface area contributed by atoms with Gasteiger partial charge in [-0.2, -0.15) is 0 Å². The molecule has 1 heterocycles. The topological polar surface area (TPSA) is 84.7 Å². The molecule has 0 aromatic heterocycles. The maximum absolute atomic E-state index is 11.2. The van der Waals surface area contributed by atoms with E-state index in [4.69, 9.17) is 11.5 Å². The molecule has 0 aromatic carbocycles. The van der Waals surface area contributed by atoms with Gasteiger partial charge in [-0.3, -0.25) is 9.79 Å². The molecule has 1 saturated heterocycles. The quantitative estimate of drug-likeness (QED) is 0.558. The van der Waals surface area contributed by atoms with Crippen LogP contribution in [0.1, 0.15) is 33.6 Å². The summed E-state index contributed by atoms with van der Waals surface area (Å²) in [6.45, 7) is 8.03. The number of nitrogens with zero attached hydrogens (tertiary/aromatic N) is 2. The maximum atomic E-state index is 11.2. The van der Waals surface area contributed by atoms with Crippen LogP contribution in [0.15, 0.2) is 4.99 Å². The summed E-state index contributed by atoms with van der Waals surface area (Å²) in [6.07, 6.45) is 2.40. The molecule has 1 aliphatic heterocycles. The molecule has 0 spiro atoms. The summed E-state index contributed by atoms with van der Waals surface area (Å²) in [6, 6.07) is 0. The van der Waals surface area contributed by atoms with Crippen molar-refractivity contribution in [1.29, 1.82) is 0 Å². The number of rotatable bonds is 3. The zero-order valence-electron chi connectivity index (χ0n) is 11.1. The Labute approximate surface area is 103 Å². The number of guanidine groups is 1. The summed E-state index contributed by atoms with van der Waals surface area (Å²) < 4.78 is 0. The fraction of sp³-hybridized carbons (Fsp3) is 0.833. The lowest BCUT2D eigenvalue weighted by atomic mass is 9.93. The Morgan fingerprint density at radius 3 is 2.65 bits per heavy atom. The molecule has 0 radical (unpaired) electrons. The molecule has 1 unspecified atom stereocenters. The third kappa shape index (κ3) is 3.91. The number of amides is 1. The highest BCUT2D eigenvalue weighted by Gasteiger charge is 2.25. The average molecular weight is 240 g/mol. The van der Waals surface area contributed by atoms with E-state index in [2.05, 4.69) is 16.8 Å². The van der Waals surface area contributed by atoms with E-state index in [0.29, 0.717) is 18.4 Å². The van der Waals surface area contributed by atoms with Crippen molar-refractivity contribution < 1.29 is 4.79 Å². The minimum atomic E-state index is -0.633. The number of hydrogen-bond donors (Lipinski definition) is 2. The molecule has 1 rings (SSSR count). The SMILES string of the molecule is CC1CCCN(C(N)=NCC(C)(C)C(N)=O)C1. The van der Waals surface area contributed by atoms with Gasteiger partial charge in [-0.15, -0.1) is 0 Å². The van der Waals surface area contributed by atoms with Crippen molar-refractivity contribution in [3.63, 3.8) is 0 Å². The summed E-state index contributed by atoms with van der Waals surface area (Å²) in [5, 5.41) is 0. The van der Waals surface area contributed by atoms with Gasteiger partial charge in [0.05, 0.1) is 12.0 Å². The molecule has 98 valence electrons. The van der Waals surface area contributed by atoms with E-state index in [9.17, 15) is 4.79 Å². The Morgan fingerprint density at radius 2 is 2.12 bits per heavy atom. The van der Waals surface area contributed by atoms with Gasteiger partial charge in [0.25, 0.3) is 0 Å². The van der Waals surface area contributed by atoms with Crippen LogP contribution in [-0.2, 0) is 4.79 Å². The highest BCUT2D eigenvalue weighted by molar-refractivity contribution is 5.82. The first-order chi connectivity index (χ1) is 7.83. The van der Waals surface area contributed by atoms with Gasteiger partial charge in [0.15, 0.2) is 5.96 Å². The zero-order valence-corrected chi connectivity index (χ0v) is 11.1. The lowest BCUT2D eigenvalue weighted by molar-refractivity contribution is -0.125. The second kappa shape index (κ2) is 5.38. The highest BCUT2D eigenvalue weighted by atomic mass is 16.1. The van der Waals surface area contributed by atoms with Crippen molar-refractivity contribution in [3.8, 4) is 0 Å². The summed E-state index contributed by atoms with van der Waals surface area (Å²) >= 11 is 0. The summed E-state index contributed by atoms with van der Waals surface area (Å²) in [7, 11) is 0. The molecule has 5 heteroatoms. The average Bonchev–Trinajstić information content (AvgIpc) is 2.25. The number of hydrogen-bond acceptors (Lipinski definition) is 2. The maximum Gasteiger partial charge on any atom is 0.224 e. The molecule has 4 N–H and O–H groups in total. The van der Waals surface area contributed by atoms with Crippen LogP contribution in [0.2, 0.25) is 0 Å². The third-order valence-corrected chi connectivity index (χ3v) is 3.28. The van der Waals surface area contributed by atoms with Gasteiger partial charge in [0.2, 0.25) is 5.91 Å². The predicted octanol–water partition coefficient (Wildman–Crippen LogP) is 0.545. The van der Waals surface area contributed by atoms with E-state index in [-0.39, 0.29) is 5.91 Å². The van der Waals surface area contributed by atoms with Gasteiger partial charge in [-0.25, -0.2) is 0 Å². The van der Waals surface area contributed by atoms with Crippen molar-refractivity contribution >= 4 is 11.9 Å². The van der Waals surface area contributed by atoms with E-state index in [1.165, 1.54) is 6.42 Å². The number of aliphatic imine (C=N–C) groups is 1. The predicted molar refractivity (Wildman–Crippen MR) is 69.4 cm³/mol. The van der Waals surface area contributed by atoms with Crippen LogP contribution < -0.4 is 11.5 Å². The normalized spacial score (nSPS) is 22.6. The van der Waals surface area contributed by atoms with E-state index in [1.807, 2.05) is 0 Å². The monoisotopic (exact) mass is 240 g/mol. The van der Waals surface area contributed by atoms with Crippen LogP contribution in [0.3, 0.4) is 0 Å². The Morgan fingerprint density at radius 1 is 1.47 bits per heavy atom. The van der Waals surface area contributed by atoms with Crippen molar-refractivity contribution in [2.75, 3.05) is 19.6 Å². The molecule has 1 amide bonds. The molecule has 0 aliphatic carbocycles. The molecule has 5 nitrogen and oxygen atoms in total. The van der Waals surface area contributed by atoms with Crippen molar-refractivity contribution in [2.45, 2.75) is 33.6 Å². The second-order valence-electron chi connectivity index (χ2n) is 5.62. The zero-order chi connectivity index (χ0) is 13.1. The van der Waals surface area contributed by atoms with E-state index in [0.717, 1.165) is 19.5 Å². The molecule has 0 bridgehead atoms. The minimum absolute atomic E-state index is 0.346. The molecule has 1 aliphatic rings. The summed E-state index contributed by atoms with van der Waals surface area (Å²) in [5.41, 5.74) is 10.6. The van der Waals surface area contributed by atoms with Gasteiger partial charge < -0.3 is 16.4 Å².